The van der Waals surface area contributed by atoms with Gasteiger partial charge in [-0.3, -0.25) is 0 Å². The highest BCUT2D eigenvalue weighted by molar-refractivity contribution is 9.10. The van der Waals surface area contributed by atoms with Crippen LogP contribution in [0.3, 0.4) is 0 Å². The van der Waals surface area contributed by atoms with E-state index < -0.39 is 0 Å². The first kappa shape index (κ1) is 11.1. The Bertz CT molecular complexity index is 468. The summed E-state index contributed by atoms with van der Waals surface area (Å²) in [7, 11) is 0. The van der Waals surface area contributed by atoms with Crippen LogP contribution in [0.5, 0.6) is 0 Å². The van der Waals surface area contributed by atoms with E-state index in [0.29, 0.717) is 0 Å². The van der Waals surface area contributed by atoms with Gasteiger partial charge in [0.1, 0.15) is 6.07 Å². The van der Waals surface area contributed by atoms with Crippen molar-refractivity contribution >= 4 is 21.6 Å². The van der Waals surface area contributed by atoms with Gasteiger partial charge >= 0.3 is 0 Å². The molecular formula is C13H14BrN3. The maximum Gasteiger partial charge on any atom is 0.101 e. The molecule has 2 aliphatic rings. The molecule has 2 unspecified atom stereocenters. The van der Waals surface area contributed by atoms with Crippen LogP contribution in [0, 0.1) is 23.2 Å². The molecule has 0 radical (unpaired) electrons. The minimum atomic E-state index is 0.755. The standard InChI is InChI=1S/C13H14BrN3/c14-12-1-2-13(9(3-12)4-15)17-7-10-5-16-6-11(10)8-17/h1-3,10-11,16H,5-8H2. The lowest BCUT2D eigenvalue weighted by Crippen LogP contribution is -2.26. The minimum absolute atomic E-state index is 0.755. The van der Waals surface area contributed by atoms with Gasteiger partial charge < -0.3 is 10.2 Å². The predicted molar refractivity (Wildman–Crippen MR) is 70.9 cm³/mol. The summed E-state index contributed by atoms with van der Waals surface area (Å²) < 4.78 is 0.971. The molecule has 2 fully saturated rings. The van der Waals surface area contributed by atoms with E-state index in [0.717, 1.165) is 53.7 Å². The fourth-order valence-electron chi connectivity index (χ4n) is 2.93. The van der Waals surface area contributed by atoms with Crippen LogP contribution in [0.1, 0.15) is 5.56 Å². The van der Waals surface area contributed by atoms with Crippen molar-refractivity contribution in [2.75, 3.05) is 31.1 Å². The van der Waals surface area contributed by atoms with E-state index in [1.165, 1.54) is 0 Å². The fourth-order valence-corrected chi connectivity index (χ4v) is 3.29. The molecule has 1 N–H and O–H groups in total. The lowest BCUT2D eigenvalue weighted by atomic mass is 10.0. The Morgan fingerprint density at radius 1 is 1.29 bits per heavy atom. The van der Waals surface area contributed by atoms with Crippen LogP contribution in [-0.4, -0.2) is 26.2 Å². The van der Waals surface area contributed by atoms with Gasteiger partial charge in [-0.15, -0.1) is 0 Å². The van der Waals surface area contributed by atoms with E-state index in [1.54, 1.807) is 0 Å². The number of hydrogen-bond donors (Lipinski definition) is 1. The lowest BCUT2D eigenvalue weighted by Gasteiger charge is -2.21. The Labute approximate surface area is 110 Å². The van der Waals surface area contributed by atoms with E-state index in [4.69, 9.17) is 0 Å². The molecule has 1 aromatic rings. The van der Waals surface area contributed by atoms with Crippen molar-refractivity contribution in [3.8, 4) is 6.07 Å². The van der Waals surface area contributed by atoms with Crippen molar-refractivity contribution in [3.63, 3.8) is 0 Å². The molecule has 0 aromatic heterocycles. The molecular weight excluding hydrogens is 278 g/mol. The highest BCUT2D eigenvalue weighted by Crippen LogP contribution is 2.33. The van der Waals surface area contributed by atoms with Crippen molar-refractivity contribution in [1.82, 2.24) is 5.32 Å². The number of fused-ring (bicyclic) bond motifs is 1. The Kier molecular flexibility index (Phi) is 2.81. The number of hydrogen-bond acceptors (Lipinski definition) is 3. The molecule has 2 aliphatic heterocycles. The maximum atomic E-state index is 9.20. The van der Waals surface area contributed by atoms with E-state index in [2.05, 4.69) is 38.3 Å². The minimum Gasteiger partial charge on any atom is -0.370 e. The van der Waals surface area contributed by atoms with Crippen LogP contribution in [0.25, 0.3) is 0 Å². The van der Waals surface area contributed by atoms with Crippen molar-refractivity contribution in [2.24, 2.45) is 11.8 Å². The second-order valence-electron chi connectivity index (χ2n) is 4.86. The van der Waals surface area contributed by atoms with E-state index in [-0.39, 0.29) is 0 Å². The summed E-state index contributed by atoms with van der Waals surface area (Å²) in [5, 5.41) is 12.6. The van der Waals surface area contributed by atoms with Gasteiger partial charge in [0.25, 0.3) is 0 Å². The summed E-state index contributed by atoms with van der Waals surface area (Å²) in [5.41, 5.74) is 1.86. The molecule has 0 spiro atoms. The number of nitriles is 1. The van der Waals surface area contributed by atoms with Gasteiger partial charge in [0.15, 0.2) is 0 Å². The molecule has 2 atom stereocenters. The van der Waals surface area contributed by atoms with E-state index in [9.17, 15) is 5.26 Å². The summed E-state index contributed by atoms with van der Waals surface area (Å²) in [6, 6.07) is 8.27. The topological polar surface area (TPSA) is 39.1 Å². The number of nitrogens with zero attached hydrogens (tertiary/aromatic N) is 2. The number of benzene rings is 1. The quantitative estimate of drug-likeness (QED) is 0.860. The van der Waals surface area contributed by atoms with Gasteiger partial charge in [-0.2, -0.15) is 5.26 Å². The van der Waals surface area contributed by atoms with Gasteiger partial charge in [-0.25, -0.2) is 0 Å². The van der Waals surface area contributed by atoms with Gasteiger partial charge in [-0.05, 0) is 30.0 Å². The van der Waals surface area contributed by atoms with Crippen LogP contribution in [0.4, 0.5) is 5.69 Å². The SMILES string of the molecule is N#Cc1cc(Br)ccc1N1CC2CNCC2C1. The van der Waals surface area contributed by atoms with Crippen LogP contribution >= 0.6 is 15.9 Å². The number of nitrogens with one attached hydrogen (secondary N) is 1. The molecule has 4 heteroatoms. The molecule has 17 heavy (non-hydrogen) atoms. The third-order valence-corrected chi connectivity index (χ3v) is 4.30. The predicted octanol–water partition coefficient (Wildman–Crippen LogP) is 1.98. The summed E-state index contributed by atoms with van der Waals surface area (Å²) in [5.74, 6) is 1.51. The van der Waals surface area contributed by atoms with Crippen molar-refractivity contribution in [2.45, 2.75) is 0 Å². The highest BCUT2D eigenvalue weighted by atomic mass is 79.9. The largest absolute Gasteiger partial charge is 0.370 e. The fraction of sp³-hybridized carbons (Fsp3) is 0.462. The van der Waals surface area contributed by atoms with Crippen LogP contribution in [0.15, 0.2) is 22.7 Å². The second kappa shape index (κ2) is 4.32. The summed E-state index contributed by atoms with van der Waals surface area (Å²) in [4.78, 5) is 2.36. The molecule has 88 valence electrons. The van der Waals surface area contributed by atoms with Crippen LogP contribution in [-0.2, 0) is 0 Å². The first-order valence-corrected chi connectivity index (χ1v) is 6.72. The van der Waals surface area contributed by atoms with Crippen LogP contribution in [0.2, 0.25) is 0 Å². The van der Waals surface area contributed by atoms with Crippen molar-refractivity contribution in [3.05, 3.63) is 28.2 Å². The average molecular weight is 292 g/mol. The third kappa shape index (κ3) is 1.94. The van der Waals surface area contributed by atoms with Crippen LogP contribution < -0.4 is 10.2 Å². The Morgan fingerprint density at radius 3 is 2.65 bits per heavy atom. The summed E-state index contributed by atoms with van der Waals surface area (Å²) in [6.45, 7) is 4.40. The first-order chi connectivity index (χ1) is 8.28. The van der Waals surface area contributed by atoms with Gasteiger partial charge in [-0.1, -0.05) is 15.9 Å². The molecule has 0 amide bonds. The molecule has 1 aromatic carbocycles. The van der Waals surface area contributed by atoms with Crippen molar-refractivity contribution in [1.29, 1.82) is 5.26 Å². The Hall–Kier alpha value is -1.05. The number of rotatable bonds is 1. The average Bonchev–Trinajstić information content (AvgIpc) is 2.89. The molecule has 0 saturated carbocycles. The van der Waals surface area contributed by atoms with Gasteiger partial charge in [0.2, 0.25) is 0 Å². The zero-order valence-corrected chi connectivity index (χ0v) is 11.1. The zero-order valence-electron chi connectivity index (χ0n) is 9.49. The highest BCUT2D eigenvalue weighted by Gasteiger charge is 2.36. The normalized spacial score (nSPS) is 26.9. The van der Waals surface area contributed by atoms with Gasteiger partial charge in [0, 0.05) is 30.7 Å². The molecule has 2 heterocycles. The molecule has 3 nitrogen and oxygen atoms in total. The lowest BCUT2D eigenvalue weighted by molar-refractivity contribution is 0.533. The van der Waals surface area contributed by atoms with E-state index in [1.807, 2.05) is 12.1 Å². The third-order valence-electron chi connectivity index (χ3n) is 3.81. The summed E-state index contributed by atoms with van der Waals surface area (Å²) >= 11 is 3.41. The Balaban J connectivity index is 1.88. The molecule has 3 rings (SSSR count). The van der Waals surface area contributed by atoms with Crippen molar-refractivity contribution < 1.29 is 0 Å². The Morgan fingerprint density at radius 2 is 2.00 bits per heavy atom. The number of halogens is 1. The zero-order chi connectivity index (χ0) is 11.8. The molecule has 0 aliphatic carbocycles. The van der Waals surface area contributed by atoms with E-state index >= 15 is 0 Å². The maximum absolute atomic E-state index is 9.20. The second-order valence-corrected chi connectivity index (χ2v) is 5.77. The smallest absolute Gasteiger partial charge is 0.101 e. The molecule has 2 saturated heterocycles. The summed E-state index contributed by atoms with van der Waals surface area (Å²) in [6.07, 6.45) is 0. The number of anilines is 1. The first-order valence-electron chi connectivity index (χ1n) is 5.93. The molecule has 0 bridgehead atoms. The van der Waals surface area contributed by atoms with Gasteiger partial charge in [0.05, 0.1) is 11.3 Å². The monoisotopic (exact) mass is 291 g/mol.